The molecule has 6 nitrogen and oxygen atoms in total. The minimum atomic E-state index is -0.246. The molecule has 1 saturated heterocycles. The average Bonchev–Trinajstić information content (AvgIpc) is 3.35. The molecule has 2 heterocycles. The van der Waals surface area contributed by atoms with Crippen LogP contribution in [-0.2, 0) is 11.2 Å². The molecular weight excluding hydrogens is 369 g/mol. The van der Waals surface area contributed by atoms with Crippen LogP contribution >= 0.6 is 0 Å². The first-order chi connectivity index (χ1) is 14.0. The summed E-state index contributed by atoms with van der Waals surface area (Å²) in [5.74, 6) is 1.18. The molecule has 2 aliphatic rings. The summed E-state index contributed by atoms with van der Waals surface area (Å²) in [5.41, 5.74) is 1.92. The van der Waals surface area contributed by atoms with Crippen molar-refractivity contribution in [3.05, 3.63) is 48.0 Å². The van der Waals surface area contributed by atoms with Crippen LogP contribution in [0.25, 0.3) is 5.69 Å². The number of rotatable bonds is 6. The second-order valence-electron chi connectivity index (χ2n) is 8.43. The predicted molar refractivity (Wildman–Crippen MR) is 112 cm³/mol. The van der Waals surface area contributed by atoms with E-state index in [0.717, 1.165) is 43.3 Å². The van der Waals surface area contributed by atoms with Crippen molar-refractivity contribution in [3.63, 3.8) is 0 Å². The van der Waals surface area contributed by atoms with Crippen LogP contribution in [0.3, 0.4) is 0 Å². The monoisotopic (exact) mass is 399 g/mol. The maximum atomic E-state index is 13.1. The van der Waals surface area contributed by atoms with Crippen molar-refractivity contribution in [1.29, 1.82) is 0 Å². The highest BCUT2D eigenvalue weighted by Crippen LogP contribution is 2.52. The highest BCUT2D eigenvalue weighted by atomic mass is 19.1. The topological polar surface area (TPSA) is 63.5 Å². The van der Waals surface area contributed by atoms with Crippen LogP contribution in [-0.4, -0.2) is 47.6 Å². The molecule has 1 saturated carbocycles. The molecule has 0 bridgehead atoms. The summed E-state index contributed by atoms with van der Waals surface area (Å²) in [6.45, 7) is 8.94. The van der Waals surface area contributed by atoms with Crippen LogP contribution in [0.1, 0.15) is 32.9 Å². The standard InChI is InChI=1S/C22H30FN5O/c1-4-24-21(26-19-18-11-14-29-20(18)22(19,2)3)25-12-9-16-10-13-28(27-16)17-7-5-15(23)6-8-17/h5-8,10,13,18-20H,4,9,11-12,14H2,1-3H3,(H2,24,25,26). The van der Waals surface area contributed by atoms with Crippen LogP contribution in [0.2, 0.25) is 0 Å². The van der Waals surface area contributed by atoms with Gasteiger partial charge in [0.25, 0.3) is 0 Å². The smallest absolute Gasteiger partial charge is 0.191 e. The second-order valence-corrected chi connectivity index (χ2v) is 8.43. The number of nitrogens with zero attached hydrogens (tertiary/aromatic N) is 3. The molecule has 1 aromatic heterocycles. The fourth-order valence-corrected chi connectivity index (χ4v) is 4.60. The molecule has 0 spiro atoms. The fourth-order valence-electron chi connectivity index (χ4n) is 4.60. The Hall–Kier alpha value is -2.41. The number of benzene rings is 1. The van der Waals surface area contributed by atoms with Gasteiger partial charge in [-0.15, -0.1) is 0 Å². The molecule has 1 aliphatic heterocycles. The van der Waals surface area contributed by atoms with E-state index in [1.807, 2.05) is 12.3 Å². The van der Waals surface area contributed by atoms with Crippen LogP contribution in [0.15, 0.2) is 41.5 Å². The number of ether oxygens (including phenoxy) is 1. The van der Waals surface area contributed by atoms with Gasteiger partial charge >= 0.3 is 0 Å². The summed E-state index contributed by atoms with van der Waals surface area (Å²) in [5, 5.41) is 11.6. The number of aromatic nitrogens is 2. The maximum absolute atomic E-state index is 13.1. The van der Waals surface area contributed by atoms with Crippen molar-refractivity contribution in [1.82, 2.24) is 20.4 Å². The van der Waals surface area contributed by atoms with E-state index in [2.05, 4.69) is 36.5 Å². The summed E-state index contributed by atoms with van der Waals surface area (Å²) in [6, 6.07) is 8.68. The summed E-state index contributed by atoms with van der Waals surface area (Å²) >= 11 is 0. The molecule has 2 N–H and O–H groups in total. The Kier molecular flexibility index (Phi) is 5.58. The molecule has 0 radical (unpaired) electrons. The van der Waals surface area contributed by atoms with Gasteiger partial charge in [-0.25, -0.2) is 9.07 Å². The Morgan fingerprint density at radius 2 is 2.10 bits per heavy atom. The summed E-state index contributed by atoms with van der Waals surface area (Å²) in [4.78, 5) is 4.76. The Labute approximate surface area is 171 Å². The van der Waals surface area contributed by atoms with E-state index >= 15 is 0 Å². The molecule has 3 atom stereocenters. The zero-order valence-corrected chi connectivity index (χ0v) is 17.4. The number of halogens is 1. The lowest BCUT2D eigenvalue weighted by molar-refractivity contribution is -0.106. The number of nitrogens with one attached hydrogen (secondary N) is 2. The van der Waals surface area contributed by atoms with Crippen molar-refractivity contribution in [2.45, 2.75) is 45.8 Å². The Bertz CT molecular complexity index is 860. The number of fused-ring (bicyclic) bond motifs is 1. The Morgan fingerprint density at radius 1 is 1.31 bits per heavy atom. The highest BCUT2D eigenvalue weighted by Gasteiger charge is 2.59. The highest BCUT2D eigenvalue weighted by molar-refractivity contribution is 5.80. The number of hydrogen-bond acceptors (Lipinski definition) is 3. The minimum absolute atomic E-state index is 0.116. The van der Waals surface area contributed by atoms with E-state index in [-0.39, 0.29) is 11.2 Å². The van der Waals surface area contributed by atoms with Gasteiger partial charge in [0.2, 0.25) is 0 Å². The summed E-state index contributed by atoms with van der Waals surface area (Å²) in [7, 11) is 0. The molecule has 2 fully saturated rings. The van der Waals surface area contributed by atoms with Crippen molar-refractivity contribution in [2.75, 3.05) is 19.7 Å². The van der Waals surface area contributed by atoms with E-state index in [1.54, 1.807) is 16.8 Å². The van der Waals surface area contributed by atoms with Crippen LogP contribution in [0.4, 0.5) is 4.39 Å². The quantitative estimate of drug-likeness (QED) is 0.579. The molecule has 0 amide bonds. The largest absolute Gasteiger partial charge is 0.377 e. The molecule has 7 heteroatoms. The van der Waals surface area contributed by atoms with Gasteiger partial charge in [0.1, 0.15) is 5.82 Å². The summed E-state index contributed by atoms with van der Waals surface area (Å²) < 4.78 is 20.7. The van der Waals surface area contributed by atoms with E-state index in [0.29, 0.717) is 24.6 Å². The van der Waals surface area contributed by atoms with E-state index in [4.69, 9.17) is 9.73 Å². The Morgan fingerprint density at radius 3 is 2.86 bits per heavy atom. The summed E-state index contributed by atoms with van der Waals surface area (Å²) in [6.07, 6.45) is 4.12. The lowest BCUT2D eigenvalue weighted by Crippen LogP contribution is -2.68. The zero-order valence-electron chi connectivity index (χ0n) is 17.4. The first-order valence-corrected chi connectivity index (χ1v) is 10.5. The molecule has 1 aromatic carbocycles. The lowest BCUT2D eigenvalue weighted by atomic mass is 9.57. The molecule has 3 unspecified atom stereocenters. The van der Waals surface area contributed by atoms with E-state index in [1.165, 1.54) is 12.1 Å². The SMILES string of the molecule is CCNC(=NCCc1ccn(-c2ccc(F)cc2)n1)NC1C2CCOC2C1(C)C. The molecule has 156 valence electrons. The van der Waals surface area contributed by atoms with Crippen molar-refractivity contribution >= 4 is 5.96 Å². The van der Waals surface area contributed by atoms with Crippen LogP contribution in [0, 0.1) is 17.2 Å². The predicted octanol–water partition coefficient (Wildman–Crippen LogP) is 2.92. The van der Waals surface area contributed by atoms with Gasteiger partial charge < -0.3 is 15.4 Å². The first-order valence-electron chi connectivity index (χ1n) is 10.5. The van der Waals surface area contributed by atoms with Gasteiger partial charge in [0.15, 0.2) is 5.96 Å². The van der Waals surface area contributed by atoms with E-state index in [9.17, 15) is 4.39 Å². The van der Waals surface area contributed by atoms with Gasteiger partial charge in [-0.1, -0.05) is 13.8 Å². The van der Waals surface area contributed by atoms with Crippen LogP contribution in [0.5, 0.6) is 0 Å². The molecule has 29 heavy (non-hydrogen) atoms. The van der Waals surface area contributed by atoms with Gasteiger partial charge in [0.05, 0.1) is 17.5 Å². The second kappa shape index (κ2) is 8.14. The van der Waals surface area contributed by atoms with Gasteiger partial charge in [0, 0.05) is 49.7 Å². The Balaban J connectivity index is 1.36. The first kappa shape index (κ1) is 19.9. The number of aliphatic imine (C=N–C) groups is 1. The number of hydrogen-bond donors (Lipinski definition) is 2. The maximum Gasteiger partial charge on any atom is 0.191 e. The van der Waals surface area contributed by atoms with Gasteiger partial charge in [-0.05, 0) is 43.7 Å². The third-order valence-electron chi connectivity index (χ3n) is 6.11. The fraction of sp³-hybridized carbons (Fsp3) is 0.545. The lowest BCUT2D eigenvalue weighted by Gasteiger charge is -2.54. The third kappa shape index (κ3) is 4.01. The zero-order chi connectivity index (χ0) is 20.4. The van der Waals surface area contributed by atoms with Crippen molar-refractivity contribution in [3.8, 4) is 5.69 Å². The normalized spacial score (nSPS) is 25.4. The van der Waals surface area contributed by atoms with E-state index < -0.39 is 0 Å². The molecular formula is C22H30FN5O. The van der Waals surface area contributed by atoms with Crippen LogP contribution < -0.4 is 10.6 Å². The molecule has 4 rings (SSSR count). The number of guanidine groups is 1. The van der Waals surface area contributed by atoms with Gasteiger partial charge in [-0.2, -0.15) is 5.10 Å². The van der Waals surface area contributed by atoms with Crippen molar-refractivity contribution < 1.29 is 9.13 Å². The average molecular weight is 400 g/mol. The van der Waals surface area contributed by atoms with Gasteiger partial charge in [-0.3, -0.25) is 4.99 Å². The van der Waals surface area contributed by atoms with Crippen molar-refractivity contribution in [2.24, 2.45) is 16.3 Å². The minimum Gasteiger partial charge on any atom is -0.377 e. The molecule has 1 aliphatic carbocycles. The third-order valence-corrected chi connectivity index (χ3v) is 6.11. The molecule has 2 aromatic rings.